The van der Waals surface area contributed by atoms with Crippen molar-refractivity contribution in [3.63, 3.8) is 0 Å². The van der Waals surface area contributed by atoms with E-state index in [2.05, 4.69) is 22.8 Å². The van der Waals surface area contributed by atoms with Crippen LogP contribution in [0, 0.1) is 0 Å². The number of phenols is 1. The number of carbonyl (C=O) groups is 3. The Balaban J connectivity index is 1.24. The number of ether oxygens (including phenoxy) is 1. The number of aliphatic carboxylic acids is 1. The van der Waals surface area contributed by atoms with Gasteiger partial charge in [-0.05, 0) is 39.9 Å². The van der Waals surface area contributed by atoms with Crippen LogP contribution in [0.5, 0.6) is 5.75 Å². The standard InChI is InChI=1S/C27H26N2O6/c30-18-11-9-17(10-12-18)15-24(26(32)33)29-25(31)13-14-28-27(34)35-16-23-21-7-3-1-5-19(21)20-6-2-4-8-22(20)23/h1-12,23-24,30H,13-16H2,(H,28,34)(H,29,31)(H,32,33)/t24-/m0/s1. The fraction of sp³-hybridized carbons (Fsp3) is 0.222. The first-order valence-electron chi connectivity index (χ1n) is 11.3. The van der Waals surface area contributed by atoms with E-state index in [-0.39, 0.29) is 37.7 Å². The highest BCUT2D eigenvalue weighted by Crippen LogP contribution is 2.44. The largest absolute Gasteiger partial charge is 0.508 e. The van der Waals surface area contributed by atoms with Gasteiger partial charge in [0, 0.05) is 25.3 Å². The summed E-state index contributed by atoms with van der Waals surface area (Å²) in [5.41, 5.74) is 5.14. The zero-order chi connectivity index (χ0) is 24.8. The van der Waals surface area contributed by atoms with E-state index in [1.54, 1.807) is 12.1 Å². The number of amides is 2. The van der Waals surface area contributed by atoms with Crippen LogP contribution in [0.15, 0.2) is 72.8 Å². The summed E-state index contributed by atoms with van der Waals surface area (Å²) < 4.78 is 5.43. The first-order valence-corrected chi connectivity index (χ1v) is 11.3. The summed E-state index contributed by atoms with van der Waals surface area (Å²) in [6.07, 6.45) is -0.663. The molecule has 0 heterocycles. The maximum Gasteiger partial charge on any atom is 0.407 e. The van der Waals surface area contributed by atoms with Gasteiger partial charge >= 0.3 is 12.1 Å². The van der Waals surface area contributed by atoms with E-state index in [4.69, 9.17) is 4.74 Å². The summed E-state index contributed by atoms with van der Waals surface area (Å²) in [7, 11) is 0. The molecule has 0 radical (unpaired) electrons. The summed E-state index contributed by atoms with van der Waals surface area (Å²) in [5.74, 6) is -1.66. The number of phenolic OH excluding ortho intramolecular Hbond substituents is 1. The first kappa shape index (κ1) is 23.8. The van der Waals surface area contributed by atoms with Crippen LogP contribution in [-0.2, 0) is 20.7 Å². The van der Waals surface area contributed by atoms with Crippen molar-refractivity contribution in [2.75, 3.05) is 13.2 Å². The maximum absolute atomic E-state index is 12.2. The van der Waals surface area contributed by atoms with Crippen molar-refractivity contribution in [2.24, 2.45) is 0 Å². The van der Waals surface area contributed by atoms with E-state index >= 15 is 0 Å². The predicted octanol–water partition coefficient (Wildman–Crippen LogP) is 3.43. The van der Waals surface area contributed by atoms with Gasteiger partial charge in [-0.1, -0.05) is 60.7 Å². The van der Waals surface area contributed by atoms with Gasteiger partial charge in [0.25, 0.3) is 0 Å². The Morgan fingerprint density at radius 1 is 0.886 bits per heavy atom. The Labute approximate surface area is 202 Å². The highest BCUT2D eigenvalue weighted by Gasteiger charge is 2.29. The number of carboxylic acids is 1. The Bertz CT molecular complexity index is 1180. The second-order valence-electron chi connectivity index (χ2n) is 8.33. The number of alkyl carbamates (subject to hydrolysis) is 1. The molecule has 180 valence electrons. The molecule has 2 amide bonds. The highest BCUT2D eigenvalue weighted by atomic mass is 16.5. The van der Waals surface area contributed by atoms with Crippen molar-refractivity contribution >= 4 is 18.0 Å². The molecule has 3 aromatic carbocycles. The lowest BCUT2D eigenvalue weighted by Gasteiger charge is -2.16. The number of nitrogens with one attached hydrogen (secondary N) is 2. The third kappa shape index (κ3) is 5.78. The van der Waals surface area contributed by atoms with Crippen molar-refractivity contribution < 1.29 is 29.3 Å². The van der Waals surface area contributed by atoms with Gasteiger partial charge in [0.2, 0.25) is 5.91 Å². The number of aromatic hydroxyl groups is 1. The molecule has 0 fully saturated rings. The molecule has 0 unspecified atom stereocenters. The van der Waals surface area contributed by atoms with Crippen LogP contribution >= 0.6 is 0 Å². The van der Waals surface area contributed by atoms with Crippen LogP contribution in [-0.4, -0.2) is 47.4 Å². The number of carboxylic acid groups (broad SMARTS) is 1. The van der Waals surface area contributed by atoms with Crippen LogP contribution in [0.4, 0.5) is 4.79 Å². The third-order valence-electron chi connectivity index (χ3n) is 5.97. The van der Waals surface area contributed by atoms with E-state index < -0.39 is 24.0 Å². The van der Waals surface area contributed by atoms with Crippen molar-refractivity contribution in [1.82, 2.24) is 10.6 Å². The molecule has 0 saturated carbocycles. The normalized spacial score (nSPS) is 12.8. The van der Waals surface area contributed by atoms with Gasteiger partial charge in [-0.2, -0.15) is 0 Å². The van der Waals surface area contributed by atoms with Gasteiger partial charge < -0.3 is 25.6 Å². The molecular weight excluding hydrogens is 448 g/mol. The number of fused-ring (bicyclic) bond motifs is 3. The minimum Gasteiger partial charge on any atom is -0.508 e. The Morgan fingerprint density at radius 2 is 1.49 bits per heavy atom. The minimum absolute atomic E-state index is 0.00799. The Hall–Kier alpha value is -4.33. The zero-order valence-corrected chi connectivity index (χ0v) is 18.9. The molecule has 0 aliphatic heterocycles. The molecule has 35 heavy (non-hydrogen) atoms. The van der Waals surface area contributed by atoms with Crippen LogP contribution in [0.1, 0.15) is 29.0 Å². The third-order valence-corrected chi connectivity index (χ3v) is 5.97. The SMILES string of the molecule is O=C(CCNC(=O)OCC1c2ccccc2-c2ccccc21)N[C@@H](Cc1ccc(O)cc1)C(=O)O. The summed E-state index contributed by atoms with van der Waals surface area (Å²) in [5, 5.41) is 23.8. The number of hydrogen-bond donors (Lipinski definition) is 4. The van der Waals surface area contributed by atoms with Gasteiger partial charge in [0.1, 0.15) is 18.4 Å². The molecule has 8 nitrogen and oxygen atoms in total. The van der Waals surface area contributed by atoms with Crippen LogP contribution < -0.4 is 10.6 Å². The van der Waals surface area contributed by atoms with Gasteiger partial charge in [-0.25, -0.2) is 9.59 Å². The average Bonchev–Trinajstić information content (AvgIpc) is 3.17. The molecule has 0 saturated heterocycles. The molecule has 8 heteroatoms. The first-order chi connectivity index (χ1) is 16.9. The fourth-order valence-corrected chi connectivity index (χ4v) is 4.26. The van der Waals surface area contributed by atoms with Crippen LogP contribution in [0.3, 0.4) is 0 Å². The van der Waals surface area contributed by atoms with Gasteiger partial charge in [-0.3, -0.25) is 4.79 Å². The van der Waals surface area contributed by atoms with Crippen molar-refractivity contribution in [3.05, 3.63) is 89.5 Å². The molecule has 0 spiro atoms. The van der Waals surface area contributed by atoms with Gasteiger partial charge in [-0.15, -0.1) is 0 Å². The van der Waals surface area contributed by atoms with Gasteiger partial charge in [0.15, 0.2) is 0 Å². The van der Waals surface area contributed by atoms with E-state index in [1.807, 2.05) is 36.4 Å². The fourth-order valence-electron chi connectivity index (χ4n) is 4.26. The number of carbonyl (C=O) groups excluding carboxylic acids is 2. The van der Waals surface area contributed by atoms with Crippen LogP contribution in [0.25, 0.3) is 11.1 Å². The van der Waals surface area contributed by atoms with Crippen molar-refractivity contribution in [3.8, 4) is 16.9 Å². The van der Waals surface area contributed by atoms with E-state index in [0.717, 1.165) is 22.3 Å². The summed E-state index contributed by atoms with van der Waals surface area (Å²) in [6, 6.07) is 21.0. The van der Waals surface area contributed by atoms with E-state index in [9.17, 15) is 24.6 Å². The van der Waals surface area contributed by atoms with Gasteiger partial charge in [0.05, 0.1) is 0 Å². The molecule has 4 N–H and O–H groups in total. The molecule has 4 rings (SSSR count). The zero-order valence-electron chi connectivity index (χ0n) is 18.9. The number of rotatable bonds is 9. The molecule has 1 aliphatic carbocycles. The van der Waals surface area contributed by atoms with Crippen molar-refractivity contribution in [2.45, 2.75) is 24.8 Å². The average molecular weight is 475 g/mol. The summed E-state index contributed by atoms with van der Waals surface area (Å²) >= 11 is 0. The summed E-state index contributed by atoms with van der Waals surface area (Å²) in [4.78, 5) is 36.0. The predicted molar refractivity (Wildman–Crippen MR) is 129 cm³/mol. The second-order valence-corrected chi connectivity index (χ2v) is 8.33. The molecule has 1 atom stereocenters. The van der Waals surface area contributed by atoms with E-state index in [1.165, 1.54) is 12.1 Å². The van der Waals surface area contributed by atoms with Crippen LogP contribution in [0.2, 0.25) is 0 Å². The lowest BCUT2D eigenvalue weighted by molar-refractivity contribution is -0.141. The number of benzene rings is 3. The topological polar surface area (TPSA) is 125 Å². The lowest BCUT2D eigenvalue weighted by Crippen LogP contribution is -2.43. The maximum atomic E-state index is 12.2. The smallest absolute Gasteiger partial charge is 0.407 e. The van der Waals surface area contributed by atoms with Crippen molar-refractivity contribution in [1.29, 1.82) is 0 Å². The molecule has 0 bridgehead atoms. The molecule has 3 aromatic rings. The Kier molecular flexibility index (Phi) is 7.30. The van der Waals surface area contributed by atoms with E-state index in [0.29, 0.717) is 5.56 Å². The minimum atomic E-state index is -1.17. The Morgan fingerprint density at radius 3 is 2.09 bits per heavy atom. The number of hydrogen-bond acceptors (Lipinski definition) is 5. The molecular formula is C27H26N2O6. The quantitative estimate of drug-likeness (QED) is 0.377. The monoisotopic (exact) mass is 474 g/mol. The lowest BCUT2D eigenvalue weighted by atomic mass is 9.98. The highest BCUT2D eigenvalue weighted by molar-refractivity contribution is 5.84. The molecule has 0 aromatic heterocycles. The summed E-state index contributed by atoms with van der Waals surface area (Å²) in [6.45, 7) is 0.174. The second kappa shape index (κ2) is 10.7. The molecule has 1 aliphatic rings.